The second kappa shape index (κ2) is 8.20. The van der Waals surface area contributed by atoms with Crippen LogP contribution < -0.4 is 10.6 Å². The van der Waals surface area contributed by atoms with E-state index < -0.39 is 0 Å². The Morgan fingerprint density at radius 3 is 3.05 bits per heavy atom. The third-order valence-electron chi connectivity index (χ3n) is 3.47. The molecule has 0 aromatic carbocycles. The van der Waals surface area contributed by atoms with Crippen molar-refractivity contribution in [1.82, 2.24) is 10.3 Å². The van der Waals surface area contributed by atoms with Gasteiger partial charge in [-0.05, 0) is 38.7 Å². The number of amides is 1. The Bertz CT molecular complexity index is 476. The van der Waals surface area contributed by atoms with E-state index in [1.165, 1.54) is 12.6 Å². The lowest BCUT2D eigenvalue weighted by molar-refractivity contribution is 0.0117. The van der Waals surface area contributed by atoms with Crippen LogP contribution in [-0.4, -0.2) is 36.7 Å². The average molecular weight is 312 g/mol. The maximum Gasteiger partial charge on any atom is 0.252 e. The van der Waals surface area contributed by atoms with Gasteiger partial charge in [-0.25, -0.2) is 4.98 Å². The van der Waals surface area contributed by atoms with Crippen LogP contribution in [0, 0.1) is 0 Å². The van der Waals surface area contributed by atoms with E-state index in [4.69, 9.17) is 16.3 Å². The van der Waals surface area contributed by atoms with Crippen molar-refractivity contribution in [3.05, 3.63) is 22.8 Å². The number of aromatic nitrogens is 1. The molecule has 0 saturated carbocycles. The lowest BCUT2D eigenvalue weighted by Gasteiger charge is -2.22. The Labute approximate surface area is 130 Å². The Morgan fingerprint density at radius 2 is 2.38 bits per heavy atom. The molecule has 1 amide bonds. The van der Waals surface area contributed by atoms with E-state index in [9.17, 15) is 4.79 Å². The summed E-state index contributed by atoms with van der Waals surface area (Å²) in [6.45, 7) is 4.14. The van der Waals surface area contributed by atoms with Gasteiger partial charge in [-0.3, -0.25) is 4.79 Å². The average Bonchev–Trinajstić information content (AvgIpc) is 2.50. The molecule has 0 spiro atoms. The number of carbonyl (C=O) groups is 1. The van der Waals surface area contributed by atoms with Gasteiger partial charge in [0.2, 0.25) is 0 Å². The Hall–Kier alpha value is -1.33. The molecule has 1 aromatic heterocycles. The predicted molar refractivity (Wildman–Crippen MR) is 84.0 cm³/mol. The van der Waals surface area contributed by atoms with Crippen LogP contribution in [0.15, 0.2) is 12.3 Å². The number of nitrogens with one attached hydrogen (secondary N) is 2. The highest BCUT2D eigenvalue weighted by molar-refractivity contribution is 6.33. The summed E-state index contributed by atoms with van der Waals surface area (Å²) < 4.78 is 5.63. The standard InChI is InChI=1S/C15H22ClN3O2/c1-2-17-14-13(16)9-11(10-19-14)15(20)18-7-6-12-5-3-4-8-21-12/h9-10,12H,2-8H2,1H3,(H,17,19)(H,18,20). The van der Waals surface area contributed by atoms with E-state index in [2.05, 4.69) is 15.6 Å². The maximum absolute atomic E-state index is 12.0. The fraction of sp³-hybridized carbons (Fsp3) is 0.600. The summed E-state index contributed by atoms with van der Waals surface area (Å²) in [5, 5.41) is 6.38. The van der Waals surface area contributed by atoms with Crippen molar-refractivity contribution in [1.29, 1.82) is 0 Å². The SMILES string of the molecule is CCNc1ncc(C(=O)NCCC2CCCCO2)cc1Cl. The van der Waals surface area contributed by atoms with Gasteiger partial charge in [-0.15, -0.1) is 0 Å². The molecule has 0 radical (unpaired) electrons. The highest BCUT2D eigenvalue weighted by Crippen LogP contribution is 2.20. The second-order valence-electron chi connectivity index (χ2n) is 5.12. The molecular formula is C15H22ClN3O2. The van der Waals surface area contributed by atoms with Crippen molar-refractivity contribution in [2.24, 2.45) is 0 Å². The minimum Gasteiger partial charge on any atom is -0.378 e. The Balaban J connectivity index is 1.81. The van der Waals surface area contributed by atoms with Crippen LogP contribution in [-0.2, 0) is 4.74 Å². The molecule has 5 nitrogen and oxygen atoms in total. The van der Waals surface area contributed by atoms with Crippen LogP contribution in [0.2, 0.25) is 5.02 Å². The van der Waals surface area contributed by atoms with E-state index in [0.29, 0.717) is 22.9 Å². The fourth-order valence-corrected chi connectivity index (χ4v) is 2.58. The van der Waals surface area contributed by atoms with Crippen molar-refractivity contribution < 1.29 is 9.53 Å². The maximum atomic E-state index is 12.0. The molecular weight excluding hydrogens is 290 g/mol. The first kappa shape index (κ1) is 16.0. The number of anilines is 1. The van der Waals surface area contributed by atoms with Gasteiger partial charge < -0.3 is 15.4 Å². The normalized spacial score (nSPS) is 18.3. The molecule has 1 aliphatic heterocycles. The number of hydrogen-bond acceptors (Lipinski definition) is 4. The summed E-state index contributed by atoms with van der Waals surface area (Å²) in [5.74, 6) is 0.453. The van der Waals surface area contributed by atoms with Crippen molar-refractivity contribution in [2.45, 2.75) is 38.7 Å². The molecule has 1 aromatic rings. The van der Waals surface area contributed by atoms with Gasteiger partial charge in [0.15, 0.2) is 0 Å². The van der Waals surface area contributed by atoms with Crippen molar-refractivity contribution in [3.8, 4) is 0 Å². The summed E-state index contributed by atoms with van der Waals surface area (Å²) in [6, 6.07) is 1.64. The van der Waals surface area contributed by atoms with Gasteiger partial charge in [-0.2, -0.15) is 0 Å². The van der Waals surface area contributed by atoms with Gasteiger partial charge in [-0.1, -0.05) is 11.6 Å². The van der Waals surface area contributed by atoms with Crippen LogP contribution in [0.3, 0.4) is 0 Å². The minimum absolute atomic E-state index is 0.150. The summed E-state index contributed by atoms with van der Waals surface area (Å²) in [4.78, 5) is 16.2. The van der Waals surface area contributed by atoms with Gasteiger partial charge in [0.1, 0.15) is 5.82 Å². The molecule has 1 fully saturated rings. The zero-order chi connectivity index (χ0) is 15.1. The second-order valence-corrected chi connectivity index (χ2v) is 5.53. The quantitative estimate of drug-likeness (QED) is 0.848. The number of ether oxygens (including phenoxy) is 1. The molecule has 2 N–H and O–H groups in total. The first-order valence-electron chi connectivity index (χ1n) is 7.50. The Morgan fingerprint density at radius 1 is 1.52 bits per heavy atom. The van der Waals surface area contributed by atoms with Gasteiger partial charge >= 0.3 is 0 Å². The van der Waals surface area contributed by atoms with E-state index in [-0.39, 0.29) is 12.0 Å². The molecule has 1 aliphatic rings. The number of nitrogens with zero attached hydrogens (tertiary/aromatic N) is 1. The predicted octanol–water partition coefficient (Wildman–Crippen LogP) is 2.86. The number of carbonyl (C=O) groups excluding carboxylic acids is 1. The molecule has 0 aliphatic carbocycles. The number of halogens is 1. The van der Waals surface area contributed by atoms with Gasteiger partial charge in [0, 0.05) is 25.9 Å². The third-order valence-corrected chi connectivity index (χ3v) is 3.76. The molecule has 1 atom stereocenters. The molecule has 1 unspecified atom stereocenters. The van der Waals surface area contributed by atoms with E-state index >= 15 is 0 Å². The van der Waals surface area contributed by atoms with Gasteiger partial charge in [0.25, 0.3) is 5.91 Å². The molecule has 6 heteroatoms. The van der Waals surface area contributed by atoms with E-state index in [0.717, 1.165) is 32.4 Å². The molecule has 0 bridgehead atoms. The monoisotopic (exact) mass is 311 g/mol. The van der Waals surface area contributed by atoms with Crippen LogP contribution in [0.25, 0.3) is 0 Å². The highest BCUT2D eigenvalue weighted by Gasteiger charge is 2.14. The smallest absolute Gasteiger partial charge is 0.252 e. The van der Waals surface area contributed by atoms with E-state index in [1.807, 2.05) is 6.92 Å². The van der Waals surface area contributed by atoms with E-state index in [1.54, 1.807) is 6.07 Å². The first-order valence-corrected chi connectivity index (χ1v) is 7.87. The van der Waals surface area contributed by atoms with Crippen molar-refractivity contribution in [2.75, 3.05) is 25.0 Å². The number of rotatable bonds is 6. The molecule has 116 valence electrons. The van der Waals surface area contributed by atoms with Crippen LogP contribution in [0.5, 0.6) is 0 Å². The highest BCUT2D eigenvalue weighted by atomic mass is 35.5. The lowest BCUT2D eigenvalue weighted by atomic mass is 10.1. The molecule has 1 saturated heterocycles. The molecule has 2 heterocycles. The largest absolute Gasteiger partial charge is 0.378 e. The zero-order valence-corrected chi connectivity index (χ0v) is 13.1. The topological polar surface area (TPSA) is 63.2 Å². The van der Waals surface area contributed by atoms with Crippen molar-refractivity contribution in [3.63, 3.8) is 0 Å². The lowest BCUT2D eigenvalue weighted by Crippen LogP contribution is -2.29. The van der Waals surface area contributed by atoms with Crippen LogP contribution in [0.4, 0.5) is 5.82 Å². The van der Waals surface area contributed by atoms with Gasteiger partial charge in [0.05, 0.1) is 16.7 Å². The Kier molecular flexibility index (Phi) is 6.26. The number of pyridine rings is 1. The minimum atomic E-state index is -0.150. The summed E-state index contributed by atoms with van der Waals surface area (Å²) in [7, 11) is 0. The zero-order valence-electron chi connectivity index (χ0n) is 12.3. The molecule has 21 heavy (non-hydrogen) atoms. The third kappa shape index (κ3) is 4.86. The first-order chi connectivity index (χ1) is 10.2. The van der Waals surface area contributed by atoms with Crippen molar-refractivity contribution >= 4 is 23.3 Å². The summed E-state index contributed by atoms with van der Waals surface area (Å²) >= 11 is 6.08. The van der Waals surface area contributed by atoms with Crippen LogP contribution in [0.1, 0.15) is 43.0 Å². The summed E-state index contributed by atoms with van der Waals surface area (Å²) in [6.07, 6.45) is 6.10. The molecule has 2 rings (SSSR count). The number of hydrogen-bond donors (Lipinski definition) is 2. The van der Waals surface area contributed by atoms with Crippen LogP contribution >= 0.6 is 11.6 Å². The fourth-order valence-electron chi connectivity index (χ4n) is 2.34. The summed E-state index contributed by atoms with van der Waals surface area (Å²) in [5.41, 5.74) is 0.478.